The molecule has 0 saturated heterocycles. The summed E-state index contributed by atoms with van der Waals surface area (Å²) in [5.41, 5.74) is 6.68. The minimum Gasteiger partial charge on any atom is -0.383 e. The Morgan fingerprint density at radius 1 is 1.40 bits per heavy atom. The van der Waals surface area contributed by atoms with Crippen LogP contribution in [0.3, 0.4) is 0 Å². The first kappa shape index (κ1) is 10.2. The molecule has 15 heavy (non-hydrogen) atoms. The summed E-state index contributed by atoms with van der Waals surface area (Å²) in [4.78, 5) is 0. The smallest absolute Gasteiger partial charge is 0.136 e. The zero-order valence-electron chi connectivity index (χ0n) is 8.04. The van der Waals surface area contributed by atoms with Crippen LogP contribution in [0.5, 0.6) is 0 Å². The normalized spacial score (nSPS) is 10.6. The van der Waals surface area contributed by atoms with Gasteiger partial charge in [0, 0.05) is 12.6 Å². The number of benzene rings is 1. The fourth-order valence-corrected chi connectivity index (χ4v) is 1.89. The van der Waals surface area contributed by atoms with Crippen LogP contribution in [-0.2, 0) is 7.05 Å². The summed E-state index contributed by atoms with van der Waals surface area (Å²) in [7, 11) is 1.71. The van der Waals surface area contributed by atoms with Crippen molar-refractivity contribution in [2.45, 2.75) is 0 Å². The molecule has 0 fully saturated rings. The number of halogens is 2. The van der Waals surface area contributed by atoms with E-state index in [-0.39, 0.29) is 5.82 Å². The molecule has 5 heteroatoms. The first-order valence-electron chi connectivity index (χ1n) is 4.34. The lowest BCUT2D eigenvalue weighted by Gasteiger charge is -1.98. The quantitative estimate of drug-likeness (QED) is 0.865. The number of nitrogens with two attached hydrogens (primary N) is 1. The Bertz CT molecular complexity index is 507. The van der Waals surface area contributed by atoms with Gasteiger partial charge in [-0.2, -0.15) is 5.10 Å². The van der Waals surface area contributed by atoms with Crippen molar-refractivity contribution in [3.63, 3.8) is 0 Å². The summed E-state index contributed by atoms with van der Waals surface area (Å²) in [6.07, 6.45) is 0. The number of hydrogen-bond acceptors (Lipinski definition) is 2. The van der Waals surface area contributed by atoms with Gasteiger partial charge in [0.15, 0.2) is 0 Å². The van der Waals surface area contributed by atoms with Crippen molar-refractivity contribution in [3.05, 3.63) is 34.6 Å². The summed E-state index contributed by atoms with van der Waals surface area (Å²) in [6, 6.07) is 6.46. The Labute approximate surface area is 94.8 Å². The lowest BCUT2D eigenvalue weighted by Crippen LogP contribution is -1.97. The number of anilines is 1. The van der Waals surface area contributed by atoms with Crippen molar-refractivity contribution in [2.24, 2.45) is 7.05 Å². The molecule has 78 valence electrons. The number of hydrogen-bond donors (Lipinski definition) is 1. The van der Waals surface area contributed by atoms with E-state index in [0.29, 0.717) is 21.5 Å². The van der Waals surface area contributed by atoms with Crippen LogP contribution in [-0.4, -0.2) is 9.78 Å². The van der Waals surface area contributed by atoms with Gasteiger partial charge in [-0.3, -0.25) is 4.68 Å². The van der Waals surface area contributed by atoms with E-state index in [1.807, 2.05) is 0 Å². The van der Waals surface area contributed by atoms with Gasteiger partial charge < -0.3 is 5.73 Å². The molecule has 1 aromatic carbocycles. The van der Waals surface area contributed by atoms with Crippen molar-refractivity contribution in [2.75, 3.05) is 5.73 Å². The number of nitrogen functional groups attached to an aromatic ring is 1. The van der Waals surface area contributed by atoms with Crippen molar-refractivity contribution in [1.82, 2.24) is 9.78 Å². The number of aromatic nitrogens is 2. The Kier molecular flexibility index (Phi) is 2.48. The Hall–Kier alpha value is -1.36. The van der Waals surface area contributed by atoms with E-state index in [1.54, 1.807) is 25.2 Å². The number of rotatable bonds is 1. The molecule has 0 spiro atoms. The third-order valence-electron chi connectivity index (χ3n) is 2.16. The van der Waals surface area contributed by atoms with Crippen molar-refractivity contribution < 1.29 is 4.39 Å². The molecule has 3 nitrogen and oxygen atoms in total. The second-order valence-corrected chi connectivity index (χ2v) is 3.94. The first-order valence-corrected chi connectivity index (χ1v) is 5.13. The Balaban J connectivity index is 2.65. The summed E-state index contributed by atoms with van der Waals surface area (Å²) >= 11 is 3.30. The topological polar surface area (TPSA) is 43.8 Å². The second-order valence-electron chi connectivity index (χ2n) is 3.15. The molecule has 1 heterocycles. The average molecular weight is 270 g/mol. The van der Waals surface area contributed by atoms with E-state index >= 15 is 0 Å². The van der Waals surface area contributed by atoms with Gasteiger partial charge in [0.25, 0.3) is 0 Å². The van der Waals surface area contributed by atoms with E-state index < -0.39 is 0 Å². The van der Waals surface area contributed by atoms with Crippen LogP contribution >= 0.6 is 15.9 Å². The van der Waals surface area contributed by atoms with E-state index in [2.05, 4.69) is 21.0 Å². The second kappa shape index (κ2) is 3.66. The molecule has 0 radical (unpaired) electrons. The molecule has 0 amide bonds. The molecule has 0 aliphatic rings. The largest absolute Gasteiger partial charge is 0.383 e. The Morgan fingerprint density at radius 2 is 2.07 bits per heavy atom. The van der Waals surface area contributed by atoms with Crippen LogP contribution in [0.4, 0.5) is 10.2 Å². The third-order valence-corrected chi connectivity index (χ3v) is 2.94. The van der Waals surface area contributed by atoms with E-state index in [4.69, 9.17) is 5.73 Å². The van der Waals surface area contributed by atoms with E-state index in [0.717, 1.165) is 0 Å². The highest BCUT2D eigenvalue weighted by Crippen LogP contribution is 2.32. The van der Waals surface area contributed by atoms with Gasteiger partial charge in [0.1, 0.15) is 17.3 Å². The van der Waals surface area contributed by atoms with Gasteiger partial charge in [-0.15, -0.1) is 0 Å². The lowest BCUT2D eigenvalue weighted by atomic mass is 10.1. The molecule has 0 bridgehead atoms. The van der Waals surface area contributed by atoms with Gasteiger partial charge in [0.05, 0.1) is 4.47 Å². The fourth-order valence-electron chi connectivity index (χ4n) is 1.34. The van der Waals surface area contributed by atoms with Crippen LogP contribution in [0.25, 0.3) is 11.3 Å². The molecular formula is C10H9BrFN3. The number of aryl methyl sites for hydroxylation is 1. The predicted octanol–water partition coefficient (Wildman–Crippen LogP) is 2.57. The zero-order valence-corrected chi connectivity index (χ0v) is 9.62. The van der Waals surface area contributed by atoms with Crippen LogP contribution < -0.4 is 5.73 Å². The zero-order chi connectivity index (χ0) is 11.0. The molecule has 2 rings (SSSR count). The van der Waals surface area contributed by atoms with Crippen molar-refractivity contribution >= 4 is 21.7 Å². The first-order chi connectivity index (χ1) is 7.11. The molecule has 0 atom stereocenters. The highest BCUT2D eigenvalue weighted by atomic mass is 79.9. The highest BCUT2D eigenvalue weighted by molar-refractivity contribution is 9.10. The van der Waals surface area contributed by atoms with Crippen molar-refractivity contribution in [1.29, 1.82) is 0 Å². The standard InChI is InChI=1S/C10H9BrFN3/c1-15-10(13)8(11)9(14-15)6-4-2-3-5-7(6)12/h2-5H,13H2,1H3. The minimum absolute atomic E-state index is 0.309. The summed E-state index contributed by atoms with van der Waals surface area (Å²) < 4.78 is 15.6. The minimum atomic E-state index is -0.309. The van der Waals surface area contributed by atoms with Gasteiger partial charge >= 0.3 is 0 Å². The van der Waals surface area contributed by atoms with Crippen LogP contribution in [0.2, 0.25) is 0 Å². The molecule has 0 unspecified atom stereocenters. The van der Waals surface area contributed by atoms with Gasteiger partial charge in [-0.1, -0.05) is 12.1 Å². The molecule has 0 aliphatic heterocycles. The molecule has 1 aromatic heterocycles. The van der Waals surface area contributed by atoms with Crippen LogP contribution in [0.15, 0.2) is 28.7 Å². The van der Waals surface area contributed by atoms with Crippen LogP contribution in [0, 0.1) is 5.82 Å². The van der Waals surface area contributed by atoms with Crippen LogP contribution in [0.1, 0.15) is 0 Å². The molecular weight excluding hydrogens is 261 g/mol. The summed E-state index contributed by atoms with van der Waals surface area (Å²) in [6.45, 7) is 0. The fraction of sp³-hybridized carbons (Fsp3) is 0.100. The number of nitrogens with zero attached hydrogens (tertiary/aromatic N) is 2. The van der Waals surface area contributed by atoms with Gasteiger partial charge in [-0.25, -0.2) is 4.39 Å². The maximum atomic E-state index is 13.5. The maximum absolute atomic E-state index is 13.5. The molecule has 2 aromatic rings. The maximum Gasteiger partial charge on any atom is 0.136 e. The van der Waals surface area contributed by atoms with Crippen molar-refractivity contribution in [3.8, 4) is 11.3 Å². The van der Waals surface area contributed by atoms with Gasteiger partial charge in [-0.05, 0) is 28.1 Å². The SMILES string of the molecule is Cn1nc(-c2ccccc2F)c(Br)c1N. The molecule has 0 saturated carbocycles. The molecule has 2 N–H and O–H groups in total. The van der Waals surface area contributed by atoms with E-state index in [1.165, 1.54) is 10.7 Å². The highest BCUT2D eigenvalue weighted by Gasteiger charge is 2.15. The monoisotopic (exact) mass is 269 g/mol. The average Bonchev–Trinajstić information content (AvgIpc) is 2.47. The summed E-state index contributed by atoms with van der Waals surface area (Å²) in [5.74, 6) is 0.171. The van der Waals surface area contributed by atoms with Gasteiger partial charge in [0.2, 0.25) is 0 Å². The predicted molar refractivity (Wildman–Crippen MR) is 60.7 cm³/mol. The third kappa shape index (κ3) is 1.63. The Morgan fingerprint density at radius 3 is 2.60 bits per heavy atom. The summed E-state index contributed by atoms with van der Waals surface area (Å²) in [5, 5.41) is 4.15. The molecule has 0 aliphatic carbocycles. The van der Waals surface area contributed by atoms with E-state index in [9.17, 15) is 4.39 Å². The lowest BCUT2D eigenvalue weighted by molar-refractivity contribution is 0.630.